The second-order valence-corrected chi connectivity index (χ2v) is 5.58. The van der Waals surface area contributed by atoms with Crippen molar-refractivity contribution in [1.82, 2.24) is 4.98 Å². The molecule has 0 aliphatic carbocycles. The molecular weight excluding hydrogens is 444 g/mol. The van der Waals surface area contributed by atoms with Gasteiger partial charge in [-0.1, -0.05) is 0 Å². The Hall–Kier alpha value is -1.56. The maximum absolute atomic E-state index is 12.0. The van der Waals surface area contributed by atoms with E-state index in [9.17, 15) is 13.2 Å². The number of halogens is 4. The number of aromatic nitrogens is 1. The van der Waals surface area contributed by atoms with Gasteiger partial charge in [0.25, 0.3) is 0 Å². The van der Waals surface area contributed by atoms with E-state index in [0.29, 0.717) is 12.2 Å². The number of nitrogens with one attached hydrogen (secondary N) is 1. The first-order valence-corrected chi connectivity index (χ1v) is 6.97. The largest absolute Gasteiger partial charge is 0.573 e. The molecule has 0 amide bonds. The maximum atomic E-state index is 12.0. The monoisotopic (exact) mass is 458 g/mol. The van der Waals surface area contributed by atoms with E-state index in [1.807, 2.05) is 6.92 Å². The Balaban J connectivity index is 0.00000264. The lowest BCUT2D eigenvalue weighted by Gasteiger charge is -2.10. The smallest absolute Gasteiger partial charge is 0.406 e. The van der Waals surface area contributed by atoms with Gasteiger partial charge in [0.05, 0.1) is 6.54 Å². The SMILES string of the molecule is Cc1cnc(CN=C(N)Nc2ccc(OC(F)(F)F)cc2)s1.I. The average molecular weight is 458 g/mol. The molecule has 1 heterocycles. The van der Waals surface area contributed by atoms with Crippen molar-refractivity contribution in [3.05, 3.63) is 40.3 Å². The number of aliphatic imine (C=N–C) groups is 1. The maximum Gasteiger partial charge on any atom is 0.573 e. The summed E-state index contributed by atoms with van der Waals surface area (Å²) in [6.07, 6.45) is -2.96. The number of anilines is 1. The molecule has 1 aromatic heterocycles. The van der Waals surface area contributed by atoms with E-state index in [2.05, 4.69) is 20.0 Å². The number of hydrogen-bond acceptors (Lipinski definition) is 4. The Morgan fingerprint density at radius 1 is 1.35 bits per heavy atom. The fraction of sp³-hybridized carbons (Fsp3) is 0.231. The molecule has 5 nitrogen and oxygen atoms in total. The number of nitrogens with zero attached hydrogens (tertiary/aromatic N) is 2. The average Bonchev–Trinajstić information content (AvgIpc) is 2.83. The highest BCUT2D eigenvalue weighted by atomic mass is 127. The zero-order chi connectivity index (χ0) is 16.2. The Labute approximate surface area is 151 Å². The summed E-state index contributed by atoms with van der Waals surface area (Å²) in [7, 11) is 0. The van der Waals surface area contributed by atoms with Crippen LogP contribution in [0.5, 0.6) is 5.75 Å². The Kier molecular flexibility index (Phi) is 7.06. The van der Waals surface area contributed by atoms with Gasteiger partial charge in [-0.2, -0.15) is 0 Å². The van der Waals surface area contributed by atoms with Crippen LogP contribution in [0.1, 0.15) is 9.88 Å². The number of thiazole rings is 1. The molecule has 0 radical (unpaired) electrons. The molecule has 0 saturated heterocycles. The topological polar surface area (TPSA) is 72.5 Å². The second kappa shape index (κ2) is 8.34. The molecule has 0 saturated carbocycles. The molecule has 0 fully saturated rings. The van der Waals surface area contributed by atoms with E-state index in [1.54, 1.807) is 6.20 Å². The lowest BCUT2D eigenvalue weighted by molar-refractivity contribution is -0.274. The number of aryl methyl sites for hydroxylation is 1. The zero-order valence-electron chi connectivity index (χ0n) is 11.9. The van der Waals surface area contributed by atoms with Crippen molar-refractivity contribution in [2.24, 2.45) is 10.7 Å². The van der Waals surface area contributed by atoms with E-state index in [4.69, 9.17) is 5.73 Å². The van der Waals surface area contributed by atoms with E-state index in [1.165, 1.54) is 35.6 Å². The van der Waals surface area contributed by atoms with Crippen molar-refractivity contribution in [1.29, 1.82) is 0 Å². The number of rotatable bonds is 4. The van der Waals surface area contributed by atoms with Crippen LogP contribution in [0.2, 0.25) is 0 Å². The fourth-order valence-electron chi connectivity index (χ4n) is 1.55. The highest BCUT2D eigenvalue weighted by Crippen LogP contribution is 2.23. The fourth-order valence-corrected chi connectivity index (χ4v) is 2.27. The van der Waals surface area contributed by atoms with Gasteiger partial charge in [-0.25, -0.2) is 9.98 Å². The predicted octanol–water partition coefficient (Wildman–Crippen LogP) is 3.89. The summed E-state index contributed by atoms with van der Waals surface area (Å²) in [4.78, 5) is 9.33. The van der Waals surface area contributed by atoms with Crippen molar-refractivity contribution in [2.45, 2.75) is 19.8 Å². The second-order valence-electron chi connectivity index (χ2n) is 4.26. The van der Waals surface area contributed by atoms with Crippen molar-refractivity contribution in [3.8, 4) is 5.75 Å². The van der Waals surface area contributed by atoms with Gasteiger partial charge in [0.15, 0.2) is 5.96 Å². The quantitative estimate of drug-likeness (QED) is 0.415. The molecule has 23 heavy (non-hydrogen) atoms. The Morgan fingerprint density at radius 2 is 2.00 bits per heavy atom. The molecule has 0 unspecified atom stereocenters. The highest BCUT2D eigenvalue weighted by molar-refractivity contribution is 14.0. The summed E-state index contributed by atoms with van der Waals surface area (Å²) in [6, 6.07) is 5.20. The van der Waals surface area contributed by atoms with Gasteiger partial charge in [-0.3, -0.25) is 0 Å². The number of nitrogens with two attached hydrogens (primary N) is 1. The normalized spacial score (nSPS) is 11.7. The van der Waals surface area contributed by atoms with Gasteiger partial charge in [0.2, 0.25) is 0 Å². The number of benzene rings is 1. The Morgan fingerprint density at radius 3 is 2.52 bits per heavy atom. The molecule has 10 heteroatoms. The lowest BCUT2D eigenvalue weighted by atomic mass is 10.3. The van der Waals surface area contributed by atoms with E-state index in [-0.39, 0.29) is 35.7 Å². The third kappa shape index (κ3) is 7.03. The van der Waals surface area contributed by atoms with Gasteiger partial charge in [0.1, 0.15) is 10.8 Å². The summed E-state index contributed by atoms with van der Waals surface area (Å²) in [5.41, 5.74) is 6.21. The number of ether oxygens (including phenoxy) is 1. The minimum absolute atomic E-state index is 0. The molecule has 0 spiro atoms. The molecule has 0 bridgehead atoms. The molecule has 2 rings (SSSR count). The van der Waals surface area contributed by atoms with Gasteiger partial charge >= 0.3 is 6.36 Å². The molecule has 126 valence electrons. The molecule has 1 aromatic carbocycles. The van der Waals surface area contributed by atoms with Gasteiger partial charge in [-0.15, -0.1) is 48.5 Å². The summed E-state index contributed by atoms with van der Waals surface area (Å²) in [5.74, 6) is -0.149. The highest BCUT2D eigenvalue weighted by Gasteiger charge is 2.30. The van der Waals surface area contributed by atoms with Gasteiger partial charge in [-0.05, 0) is 31.2 Å². The first-order valence-electron chi connectivity index (χ1n) is 6.16. The van der Waals surface area contributed by atoms with E-state index in [0.717, 1.165) is 9.88 Å². The Bertz CT molecular complexity index is 658. The minimum Gasteiger partial charge on any atom is -0.406 e. The van der Waals surface area contributed by atoms with E-state index < -0.39 is 6.36 Å². The van der Waals surface area contributed by atoms with Crippen molar-refractivity contribution >= 4 is 47.0 Å². The van der Waals surface area contributed by atoms with Crippen LogP contribution in [0.25, 0.3) is 0 Å². The first kappa shape index (κ1) is 19.5. The summed E-state index contributed by atoms with van der Waals surface area (Å²) in [6.45, 7) is 2.28. The van der Waals surface area contributed by atoms with Crippen LogP contribution >= 0.6 is 35.3 Å². The third-order valence-electron chi connectivity index (χ3n) is 2.41. The van der Waals surface area contributed by atoms with Crippen molar-refractivity contribution < 1.29 is 17.9 Å². The number of guanidine groups is 1. The summed E-state index contributed by atoms with van der Waals surface area (Å²) >= 11 is 1.52. The predicted molar refractivity (Wildman–Crippen MR) is 94.3 cm³/mol. The summed E-state index contributed by atoms with van der Waals surface area (Å²) in [5, 5.41) is 3.61. The van der Waals surface area contributed by atoms with Gasteiger partial charge < -0.3 is 15.8 Å². The molecule has 3 N–H and O–H groups in total. The summed E-state index contributed by atoms with van der Waals surface area (Å²) < 4.78 is 39.9. The molecular formula is C13H14F3IN4OS. The van der Waals surface area contributed by atoms with Crippen LogP contribution in [0.4, 0.5) is 18.9 Å². The number of alkyl halides is 3. The first-order chi connectivity index (χ1) is 10.3. The molecule has 0 aliphatic rings. The standard InChI is InChI=1S/C13H13F3N4OS.HI/c1-8-6-18-11(22-8)7-19-12(17)20-9-2-4-10(5-3-9)21-13(14,15)16;/h2-6H,7H2,1H3,(H3,17,19,20);1H. The van der Waals surface area contributed by atoms with Crippen molar-refractivity contribution in [2.75, 3.05) is 5.32 Å². The number of hydrogen-bond donors (Lipinski definition) is 2. The van der Waals surface area contributed by atoms with Crippen LogP contribution in [-0.4, -0.2) is 17.3 Å². The van der Waals surface area contributed by atoms with Gasteiger partial charge in [0, 0.05) is 16.8 Å². The molecule has 0 atom stereocenters. The van der Waals surface area contributed by atoms with Crippen LogP contribution in [0, 0.1) is 6.92 Å². The minimum atomic E-state index is -4.71. The van der Waals surface area contributed by atoms with Crippen LogP contribution in [-0.2, 0) is 6.54 Å². The molecule has 2 aromatic rings. The molecule has 0 aliphatic heterocycles. The van der Waals surface area contributed by atoms with Crippen LogP contribution in [0.15, 0.2) is 35.5 Å². The van der Waals surface area contributed by atoms with E-state index >= 15 is 0 Å². The lowest BCUT2D eigenvalue weighted by Crippen LogP contribution is -2.22. The van der Waals surface area contributed by atoms with Crippen LogP contribution < -0.4 is 15.8 Å². The van der Waals surface area contributed by atoms with Crippen LogP contribution in [0.3, 0.4) is 0 Å². The van der Waals surface area contributed by atoms with Crippen molar-refractivity contribution in [3.63, 3.8) is 0 Å². The zero-order valence-corrected chi connectivity index (χ0v) is 15.1. The third-order valence-corrected chi connectivity index (χ3v) is 3.31.